The monoisotopic (exact) mass is 325 g/mol. The summed E-state index contributed by atoms with van der Waals surface area (Å²) in [5, 5.41) is 3.26. The van der Waals surface area contributed by atoms with Gasteiger partial charge in [-0.2, -0.15) is 0 Å². The smallest absolute Gasteiger partial charge is 0.249 e. The van der Waals surface area contributed by atoms with Crippen LogP contribution in [0.4, 0.5) is 5.82 Å². The molecule has 3 aromatic rings. The number of aromatic nitrogens is 4. The van der Waals surface area contributed by atoms with Gasteiger partial charge < -0.3 is 5.32 Å². The number of nitrogens with zero attached hydrogens (tertiary/aromatic N) is 4. The molecule has 0 aliphatic carbocycles. The van der Waals surface area contributed by atoms with Gasteiger partial charge >= 0.3 is 0 Å². The molecule has 0 saturated carbocycles. The number of carbonyl (C=O) groups is 1. The maximum absolute atomic E-state index is 12.0. The Morgan fingerprint density at radius 1 is 1.26 bits per heavy atom. The number of halogens is 1. The highest BCUT2D eigenvalue weighted by molar-refractivity contribution is 6.32. The van der Waals surface area contributed by atoms with Gasteiger partial charge in [-0.05, 0) is 17.7 Å². The second-order valence-electron chi connectivity index (χ2n) is 4.58. The van der Waals surface area contributed by atoms with Gasteiger partial charge in [-0.1, -0.05) is 29.8 Å². The van der Waals surface area contributed by atoms with Crippen LogP contribution in [-0.4, -0.2) is 25.4 Å². The van der Waals surface area contributed by atoms with E-state index in [9.17, 15) is 4.79 Å². The van der Waals surface area contributed by atoms with Gasteiger partial charge in [-0.25, -0.2) is 15.0 Å². The van der Waals surface area contributed by atoms with Crippen LogP contribution < -0.4 is 5.32 Å². The first-order chi connectivity index (χ1) is 11.2. The number of imidazole rings is 1. The lowest BCUT2D eigenvalue weighted by Crippen LogP contribution is -2.10. The summed E-state index contributed by atoms with van der Waals surface area (Å²) >= 11 is 6.03. The number of anilines is 1. The Labute approximate surface area is 137 Å². The Kier molecular flexibility index (Phi) is 4.44. The van der Waals surface area contributed by atoms with E-state index in [-0.39, 0.29) is 5.91 Å². The summed E-state index contributed by atoms with van der Waals surface area (Å²) in [4.78, 5) is 24.1. The highest BCUT2D eigenvalue weighted by Gasteiger charge is 2.03. The molecule has 2 heterocycles. The first kappa shape index (κ1) is 14.9. The number of benzene rings is 1. The molecule has 1 N–H and O–H groups in total. The van der Waals surface area contributed by atoms with E-state index in [1.807, 2.05) is 18.2 Å². The molecule has 3 rings (SSSR count). The Morgan fingerprint density at radius 2 is 2.13 bits per heavy atom. The molecule has 6 nitrogen and oxygen atoms in total. The van der Waals surface area contributed by atoms with Gasteiger partial charge in [0, 0.05) is 29.6 Å². The number of carbonyl (C=O) groups excluding carboxylic acids is 1. The molecule has 7 heteroatoms. The van der Waals surface area contributed by atoms with Crippen LogP contribution in [0.3, 0.4) is 0 Å². The summed E-state index contributed by atoms with van der Waals surface area (Å²) in [6, 6.07) is 8.93. The summed E-state index contributed by atoms with van der Waals surface area (Å²) in [5.41, 5.74) is 0.770. The van der Waals surface area contributed by atoms with Crippen LogP contribution in [-0.2, 0) is 4.79 Å². The molecule has 0 aliphatic heterocycles. The van der Waals surface area contributed by atoms with Crippen molar-refractivity contribution in [1.82, 2.24) is 19.5 Å². The molecule has 0 spiro atoms. The topological polar surface area (TPSA) is 72.7 Å². The first-order valence-corrected chi connectivity index (χ1v) is 7.14. The van der Waals surface area contributed by atoms with Gasteiger partial charge in [0.15, 0.2) is 0 Å². The maximum atomic E-state index is 12.0. The van der Waals surface area contributed by atoms with Crippen molar-refractivity contribution in [3.63, 3.8) is 0 Å². The van der Waals surface area contributed by atoms with E-state index < -0.39 is 0 Å². The van der Waals surface area contributed by atoms with Gasteiger partial charge in [-0.3, -0.25) is 9.36 Å². The van der Waals surface area contributed by atoms with Crippen molar-refractivity contribution < 1.29 is 4.79 Å². The zero-order chi connectivity index (χ0) is 16.1. The Hall–Kier alpha value is -2.99. The average molecular weight is 326 g/mol. The fourth-order valence-corrected chi connectivity index (χ4v) is 2.09. The minimum absolute atomic E-state index is 0.305. The van der Waals surface area contributed by atoms with Gasteiger partial charge in [0.2, 0.25) is 5.91 Å². The molecule has 0 radical (unpaired) electrons. The zero-order valence-corrected chi connectivity index (χ0v) is 12.7. The fourth-order valence-electron chi connectivity index (χ4n) is 1.89. The van der Waals surface area contributed by atoms with Crippen molar-refractivity contribution in [3.05, 3.63) is 72.0 Å². The lowest BCUT2D eigenvalue weighted by Gasteiger charge is -2.04. The van der Waals surface area contributed by atoms with Crippen LogP contribution in [0.5, 0.6) is 0 Å². The molecule has 1 amide bonds. The summed E-state index contributed by atoms with van der Waals surface area (Å²) < 4.78 is 1.72. The van der Waals surface area contributed by atoms with Crippen LogP contribution in [0.1, 0.15) is 5.56 Å². The van der Waals surface area contributed by atoms with E-state index in [2.05, 4.69) is 20.3 Å². The number of hydrogen-bond acceptors (Lipinski definition) is 4. The van der Waals surface area contributed by atoms with E-state index in [4.69, 9.17) is 11.6 Å². The molecule has 0 atom stereocenters. The first-order valence-electron chi connectivity index (χ1n) is 6.76. The van der Waals surface area contributed by atoms with Crippen LogP contribution in [0, 0.1) is 0 Å². The molecule has 2 aromatic heterocycles. The summed E-state index contributed by atoms with van der Waals surface area (Å²) in [7, 11) is 0. The predicted molar refractivity (Wildman–Crippen MR) is 88.3 cm³/mol. The minimum Gasteiger partial charge on any atom is -0.307 e. The third-order valence-electron chi connectivity index (χ3n) is 2.99. The van der Waals surface area contributed by atoms with Crippen molar-refractivity contribution >= 4 is 29.4 Å². The lowest BCUT2D eigenvalue weighted by atomic mass is 10.2. The molecule has 0 unspecified atom stereocenters. The second-order valence-corrected chi connectivity index (χ2v) is 4.98. The molecule has 23 heavy (non-hydrogen) atoms. The Bertz CT molecular complexity index is 845. The maximum Gasteiger partial charge on any atom is 0.249 e. The Balaban J connectivity index is 1.71. The van der Waals surface area contributed by atoms with E-state index in [1.165, 1.54) is 12.4 Å². The van der Waals surface area contributed by atoms with Crippen molar-refractivity contribution in [1.29, 1.82) is 0 Å². The van der Waals surface area contributed by atoms with Gasteiger partial charge in [0.1, 0.15) is 24.3 Å². The summed E-state index contributed by atoms with van der Waals surface area (Å²) in [6.07, 6.45) is 9.45. The average Bonchev–Trinajstić information content (AvgIpc) is 3.09. The lowest BCUT2D eigenvalue weighted by molar-refractivity contribution is -0.111. The molecular formula is C16H12ClN5O. The normalized spacial score (nSPS) is 10.8. The van der Waals surface area contributed by atoms with Gasteiger partial charge in [0.05, 0.1) is 0 Å². The van der Waals surface area contributed by atoms with E-state index in [0.717, 1.165) is 5.56 Å². The molecule has 0 saturated heterocycles. The molecular weight excluding hydrogens is 314 g/mol. The minimum atomic E-state index is -0.305. The van der Waals surface area contributed by atoms with E-state index in [1.54, 1.807) is 41.5 Å². The highest BCUT2D eigenvalue weighted by Crippen LogP contribution is 2.16. The van der Waals surface area contributed by atoms with E-state index in [0.29, 0.717) is 16.7 Å². The van der Waals surface area contributed by atoms with Gasteiger partial charge in [-0.15, -0.1) is 0 Å². The van der Waals surface area contributed by atoms with Crippen LogP contribution in [0.25, 0.3) is 11.9 Å². The van der Waals surface area contributed by atoms with Crippen LogP contribution in [0.2, 0.25) is 5.02 Å². The quantitative estimate of drug-likeness (QED) is 0.748. The van der Waals surface area contributed by atoms with Crippen molar-refractivity contribution in [2.75, 3.05) is 5.32 Å². The zero-order valence-electron chi connectivity index (χ0n) is 11.9. The molecule has 1 aromatic carbocycles. The van der Waals surface area contributed by atoms with Gasteiger partial charge in [0.25, 0.3) is 0 Å². The third-order valence-corrected chi connectivity index (χ3v) is 3.34. The largest absolute Gasteiger partial charge is 0.307 e. The molecule has 0 aliphatic rings. The second kappa shape index (κ2) is 6.85. The number of rotatable bonds is 4. The number of nitrogens with one attached hydrogen (secondary N) is 1. The van der Waals surface area contributed by atoms with Crippen molar-refractivity contribution in [3.8, 4) is 5.82 Å². The Morgan fingerprint density at radius 3 is 2.91 bits per heavy atom. The highest BCUT2D eigenvalue weighted by atomic mass is 35.5. The third kappa shape index (κ3) is 3.81. The SMILES string of the molecule is O=C(/C=C/c1ccccc1Cl)Nc1cc(-n2ccnc2)ncn1. The van der Waals surface area contributed by atoms with Crippen LogP contribution in [0.15, 0.2) is 61.5 Å². The standard InChI is InChI=1S/C16H12ClN5O/c17-13-4-2-1-3-12(13)5-6-16(23)21-14-9-15(20-10-19-14)22-8-7-18-11-22/h1-11H,(H,19,20,21,23)/b6-5+. The summed E-state index contributed by atoms with van der Waals surface area (Å²) in [5.74, 6) is 0.709. The predicted octanol–water partition coefficient (Wildman–Crippen LogP) is 2.97. The van der Waals surface area contributed by atoms with Crippen molar-refractivity contribution in [2.24, 2.45) is 0 Å². The molecule has 0 bridgehead atoms. The number of hydrogen-bond donors (Lipinski definition) is 1. The van der Waals surface area contributed by atoms with Crippen molar-refractivity contribution in [2.45, 2.75) is 0 Å². The molecule has 0 fully saturated rings. The fraction of sp³-hybridized carbons (Fsp3) is 0. The van der Waals surface area contributed by atoms with Crippen LogP contribution >= 0.6 is 11.6 Å². The summed E-state index contributed by atoms with van der Waals surface area (Å²) in [6.45, 7) is 0. The van der Waals surface area contributed by atoms with E-state index >= 15 is 0 Å². The number of amides is 1. The molecule has 114 valence electrons.